The van der Waals surface area contributed by atoms with E-state index in [0.717, 1.165) is 0 Å². The van der Waals surface area contributed by atoms with E-state index in [2.05, 4.69) is 10.2 Å². The molecule has 5 heteroatoms. The lowest BCUT2D eigenvalue weighted by Crippen LogP contribution is -2.43. The van der Waals surface area contributed by atoms with E-state index in [0.29, 0.717) is 13.1 Å². The van der Waals surface area contributed by atoms with Crippen LogP contribution in [0.1, 0.15) is 20.8 Å². The second kappa shape index (κ2) is 3.74. The van der Waals surface area contributed by atoms with Crippen LogP contribution in [0, 0.1) is 0 Å². The molecule has 82 valence electrons. The lowest BCUT2D eigenvalue weighted by molar-refractivity contribution is 0.124. The van der Waals surface area contributed by atoms with Crippen molar-refractivity contribution in [2.45, 2.75) is 38.5 Å². The van der Waals surface area contributed by atoms with Crippen LogP contribution in [0.25, 0.3) is 0 Å². The van der Waals surface area contributed by atoms with Crippen LogP contribution in [0.3, 0.4) is 0 Å². The van der Waals surface area contributed by atoms with Crippen molar-refractivity contribution in [1.29, 1.82) is 0 Å². The number of carboxylic acid groups (broad SMARTS) is 1. The first kappa shape index (κ1) is 11.3. The number of likely N-dealkylation sites (tertiary alicyclic amines) is 1. The molecule has 1 rings (SSSR count). The van der Waals surface area contributed by atoms with E-state index in [9.17, 15) is 9.90 Å². The van der Waals surface area contributed by atoms with Crippen LogP contribution in [0.2, 0.25) is 0 Å². The van der Waals surface area contributed by atoms with Gasteiger partial charge in [-0.25, -0.2) is 4.79 Å². The Balaban J connectivity index is 2.56. The summed E-state index contributed by atoms with van der Waals surface area (Å²) in [4.78, 5) is 12.5. The number of nitrogens with zero attached hydrogens (tertiary/aromatic N) is 1. The van der Waals surface area contributed by atoms with Gasteiger partial charge in [-0.1, -0.05) is 0 Å². The Morgan fingerprint density at radius 3 is 2.36 bits per heavy atom. The molecule has 1 aliphatic heterocycles. The summed E-state index contributed by atoms with van der Waals surface area (Å²) in [5.74, 6) is 0. The molecule has 0 radical (unpaired) electrons. The zero-order valence-electron chi connectivity index (χ0n) is 8.82. The van der Waals surface area contributed by atoms with Gasteiger partial charge in [-0.05, 0) is 20.8 Å². The number of aliphatic hydroxyl groups is 1. The highest BCUT2D eigenvalue weighted by atomic mass is 16.4. The maximum atomic E-state index is 10.4. The summed E-state index contributed by atoms with van der Waals surface area (Å²) >= 11 is 0. The lowest BCUT2D eigenvalue weighted by atomic mass is 10.1. The molecule has 1 aliphatic rings. The van der Waals surface area contributed by atoms with Crippen LogP contribution < -0.4 is 5.32 Å². The first-order chi connectivity index (χ1) is 6.30. The summed E-state index contributed by atoms with van der Waals surface area (Å²) in [5, 5.41) is 20.5. The van der Waals surface area contributed by atoms with Crippen molar-refractivity contribution >= 4 is 6.09 Å². The van der Waals surface area contributed by atoms with Gasteiger partial charge in [0.05, 0.1) is 12.1 Å². The van der Waals surface area contributed by atoms with Crippen LogP contribution in [0.15, 0.2) is 0 Å². The number of rotatable bonds is 1. The summed E-state index contributed by atoms with van der Waals surface area (Å²) < 4.78 is 0. The Kier molecular flexibility index (Phi) is 3.01. The number of carbonyl (C=O) groups is 1. The third-order valence-corrected chi connectivity index (χ3v) is 2.55. The molecule has 2 atom stereocenters. The second-order valence-electron chi connectivity index (χ2n) is 4.70. The third-order valence-electron chi connectivity index (χ3n) is 2.55. The van der Waals surface area contributed by atoms with Gasteiger partial charge in [0, 0.05) is 18.6 Å². The molecule has 0 unspecified atom stereocenters. The van der Waals surface area contributed by atoms with Crippen molar-refractivity contribution in [3.05, 3.63) is 0 Å². The van der Waals surface area contributed by atoms with Gasteiger partial charge < -0.3 is 15.5 Å². The highest BCUT2D eigenvalue weighted by molar-refractivity contribution is 5.65. The summed E-state index contributed by atoms with van der Waals surface area (Å²) in [6.07, 6.45) is -1.69. The van der Waals surface area contributed by atoms with Crippen LogP contribution in [-0.2, 0) is 0 Å². The predicted octanol–water partition coefficient (Wildman–Crippen LogP) is 0.0976. The molecule has 0 saturated carbocycles. The van der Waals surface area contributed by atoms with Crippen molar-refractivity contribution in [3.63, 3.8) is 0 Å². The molecular formula is C9H18N2O3. The standard InChI is InChI=1S/C9H18N2O3/c1-9(2,3)11-4-6(7(12)5-11)10-8(13)14/h6-7,10,12H,4-5H2,1-3H3,(H,13,14)/t6-,7+/m1/s1. The SMILES string of the molecule is CC(C)(C)N1C[C@H](O)[C@H](NC(=O)O)C1. The van der Waals surface area contributed by atoms with Crippen molar-refractivity contribution in [1.82, 2.24) is 10.2 Å². The molecule has 5 nitrogen and oxygen atoms in total. The molecule has 1 fully saturated rings. The van der Waals surface area contributed by atoms with Gasteiger partial charge in [0.15, 0.2) is 0 Å². The number of nitrogens with one attached hydrogen (secondary N) is 1. The van der Waals surface area contributed by atoms with Gasteiger partial charge in [0.1, 0.15) is 0 Å². The quantitative estimate of drug-likeness (QED) is 0.564. The fourth-order valence-electron chi connectivity index (χ4n) is 1.63. The Labute approximate surface area is 83.7 Å². The van der Waals surface area contributed by atoms with E-state index in [1.165, 1.54) is 0 Å². The average Bonchev–Trinajstić information content (AvgIpc) is 2.30. The Morgan fingerprint density at radius 2 is 2.00 bits per heavy atom. The number of amides is 1. The van der Waals surface area contributed by atoms with Crippen molar-refractivity contribution in [2.24, 2.45) is 0 Å². The zero-order chi connectivity index (χ0) is 10.9. The molecule has 0 aromatic carbocycles. The van der Waals surface area contributed by atoms with E-state index in [4.69, 9.17) is 5.11 Å². The van der Waals surface area contributed by atoms with Crippen molar-refractivity contribution in [3.8, 4) is 0 Å². The maximum absolute atomic E-state index is 10.4. The minimum absolute atomic E-state index is 0.0318. The fourth-order valence-corrected chi connectivity index (χ4v) is 1.63. The summed E-state index contributed by atoms with van der Waals surface area (Å²) in [6.45, 7) is 7.22. The maximum Gasteiger partial charge on any atom is 0.405 e. The molecule has 1 saturated heterocycles. The number of hydrogen-bond acceptors (Lipinski definition) is 3. The van der Waals surface area contributed by atoms with Crippen LogP contribution in [0.4, 0.5) is 4.79 Å². The molecule has 1 heterocycles. The van der Waals surface area contributed by atoms with Gasteiger partial charge in [-0.2, -0.15) is 0 Å². The molecule has 0 spiro atoms. The number of hydrogen-bond donors (Lipinski definition) is 3. The van der Waals surface area contributed by atoms with Gasteiger partial charge >= 0.3 is 6.09 Å². The number of β-amino-alcohol motifs (C(OH)–C–C–N with tert-alkyl or cyclic N) is 1. The predicted molar refractivity (Wildman–Crippen MR) is 52.3 cm³/mol. The number of aliphatic hydroxyl groups excluding tert-OH is 1. The van der Waals surface area contributed by atoms with Gasteiger partial charge in [-0.15, -0.1) is 0 Å². The molecular weight excluding hydrogens is 184 g/mol. The minimum atomic E-state index is -1.08. The van der Waals surface area contributed by atoms with Crippen LogP contribution in [0.5, 0.6) is 0 Å². The first-order valence-corrected chi connectivity index (χ1v) is 4.73. The highest BCUT2D eigenvalue weighted by Gasteiger charge is 2.37. The van der Waals surface area contributed by atoms with E-state index >= 15 is 0 Å². The van der Waals surface area contributed by atoms with Gasteiger partial charge in [0.25, 0.3) is 0 Å². The molecule has 0 bridgehead atoms. The third kappa shape index (κ3) is 2.59. The van der Waals surface area contributed by atoms with E-state index < -0.39 is 12.2 Å². The highest BCUT2D eigenvalue weighted by Crippen LogP contribution is 2.20. The van der Waals surface area contributed by atoms with Crippen molar-refractivity contribution in [2.75, 3.05) is 13.1 Å². The molecule has 0 aromatic rings. The van der Waals surface area contributed by atoms with Crippen LogP contribution in [-0.4, -0.2) is 52.0 Å². The first-order valence-electron chi connectivity index (χ1n) is 4.73. The fraction of sp³-hybridized carbons (Fsp3) is 0.889. The topological polar surface area (TPSA) is 72.8 Å². The Morgan fingerprint density at radius 1 is 1.43 bits per heavy atom. The zero-order valence-corrected chi connectivity index (χ0v) is 8.82. The van der Waals surface area contributed by atoms with Crippen molar-refractivity contribution < 1.29 is 15.0 Å². The molecule has 14 heavy (non-hydrogen) atoms. The van der Waals surface area contributed by atoms with E-state index in [1.807, 2.05) is 20.8 Å². The molecule has 0 aliphatic carbocycles. The molecule has 0 aromatic heterocycles. The van der Waals surface area contributed by atoms with Crippen LogP contribution >= 0.6 is 0 Å². The van der Waals surface area contributed by atoms with Gasteiger partial charge in [-0.3, -0.25) is 4.90 Å². The van der Waals surface area contributed by atoms with Gasteiger partial charge in [0.2, 0.25) is 0 Å². The average molecular weight is 202 g/mol. The lowest BCUT2D eigenvalue weighted by Gasteiger charge is -2.31. The van der Waals surface area contributed by atoms with E-state index in [-0.39, 0.29) is 11.6 Å². The summed E-state index contributed by atoms with van der Waals surface area (Å²) in [6, 6.07) is -0.369. The second-order valence-corrected chi connectivity index (χ2v) is 4.70. The normalized spacial score (nSPS) is 29.1. The smallest absolute Gasteiger partial charge is 0.405 e. The largest absolute Gasteiger partial charge is 0.465 e. The molecule has 1 amide bonds. The molecule has 3 N–H and O–H groups in total. The summed E-state index contributed by atoms with van der Waals surface area (Å²) in [5.41, 5.74) is -0.0318. The minimum Gasteiger partial charge on any atom is -0.465 e. The summed E-state index contributed by atoms with van der Waals surface area (Å²) in [7, 11) is 0. The monoisotopic (exact) mass is 202 g/mol. The Bertz CT molecular complexity index is 225. The van der Waals surface area contributed by atoms with E-state index in [1.54, 1.807) is 0 Å². The Hall–Kier alpha value is -0.810.